The van der Waals surface area contributed by atoms with Crippen LogP contribution in [0.1, 0.15) is 11.6 Å². The molecule has 1 fully saturated rings. The van der Waals surface area contributed by atoms with Gasteiger partial charge in [-0.2, -0.15) is 0 Å². The number of halogens is 1. The number of anilines is 1. The molecular weight excluding hydrogens is 226 g/mol. The zero-order chi connectivity index (χ0) is 11.7. The highest BCUT2D eigenvalue weighted by Crippen LogP contribution is 2.28. The van der Waals surface area contributed by atoms with Crippen LogP contribution in [0.4, 0.5) is 10.5 Å². The average Bonchev–Trinajstić information content (AvgIpc) is 2.64. The fraction of sp³-hybridized carbons (Fsp3) is 0.364. The van der Waals surface area contributed by atoms with Crippen molar-refractivity contribution in [2.75, 3.05) is 25.5 Å². The number of carbonyl (C=O) groups excluding carboxylic acids is 1. The lowest BCUT2D eigenvalue weighted by molar-refractivity contribution is 0.247. The summed E-state index contributed by atoms with van der Waals surface area (Å²) in [5.41, 5.74) is 2.00. The number of nitrogens with one attached hydrogen (secondary N) is 2. The fourth-order valence-electron chi connectivity index (χ4n) is 1.72. The molecule has 1 aromatic rings. The Morgan fingerprint density at radius 2 is 2.19 bits per heavy atom. The maximum Gasteiger partial charge on any atom is 0.315 e. The number of rotatable bonds is 2. The first-order chi connectivity index (χ1) is 7.58. The third kappa shape index (κ3) is 2.07. The van der Waals surface area contributed by atoms with Crippen molar-refractivity contribution in [2.24, 2.45) is 0 Å². The molecule has 1 aromatic carbocycles. The quantitative estimate of drug-likeness (QED) is 0.826. The van der Waals surface area contributed by atoms with E-state index in [-0.39, 0.29) is 12.1 Å². The van der Waals surface area contributed by atoms with Crippen molar-refractivity contribution < 1.29 is 4.79 Å². The molecule has 0 spiro atoms. The van der Waals surface area contributed by atoms with E-state index >= 15 is 0 Å². The smallest absolute Gasteiger partial charge is 0.315 e. The first-order valence-electron chi connectivity index (χ1n) is 5.09. The van der Waals surface area contributed by atoms with Gasteiger partial charge in [0.25, 0.3) is 0 Å². The van der Waals surface area contributed by atoms with Crippen LogP contribution in [0.3, 0.4) is 0 Å². The number of nitrogens with zero attached hydrogens (tertiary/aromatic N) is 1. The van der Waals surface area contributed by atoms with Gasteiger partial charge in [0.05, 0.1) is 6.04 Å². The van der Waals surface area contributed by atoms with E-state index in [1.165, 1.54) is 0 Å². The first-order valence-corrected chi connectivity index (χ1v) is 5.47. The molecule has 0 bridgehead atoms. The fourth-order valence-corrected chi connectivity index (χ4v) is 2.03. The second-order valence-electron chi connectivity index (χ2n) is 4.01. The molecular formula is C11H14ClN3O. The lowest BCUT2D eigenvalue weighted by atomic mass is 10.1. The van der Waals surface area contributed by atoms with Crippen LogP contribution in [0.2, 0.25) is 5.02 Å². The summed E-state index contributed by atoms with van der Waals surface area (Å²) in [7, 11) is 3.93. The van der Waals surface area contributed by atoms with Crippen LogP contribution < -0.4 is 15.5 Å². The van der Waals surface area contributed by atoms with Crippen LogP contribution in [0.5, 0.6) is 0 Å². The minimum absolute atomic E-state index is 0.0313. The Labute approximate surface area is 99.6 Å². The van der Waals surface area contributed by atoms with Crippen molar-refractivity contribution in [3.63, 3.8) is 0 Å². The summed E-state index contributed by atoms with van der Waals surface area (Å²) in [5.74, 6) is 0. The van der Waals surface area contributed by atoms with E-state index in [0.29, 0.717) is 11.6 Å². The van der Waals surface area contributed by atoms with Gasteiger partial charge in [-0.15, -0.1) is 0 Å². The van der Waals surface area contributed by atoms with Gasteiger partial charge < -0.3 is 15.5 Å². The Bertz CT molecular complexity index is 420. The molecule has 2 rings (SSSR count). The molecule has 0 saturated carbocycles. The van der Waals surface area contributed by atoms with Crippen LogP contribution in [0.15, 0.2) is 18.2 Å². The predicted octanol–water partition coefficient (Wildman–Crippen LogP) is 1.76. The van der Waals surface area contributed by atoms with Crippen molar-refractivity contribution >= 4 is 23.3 Å². The zero-order valence-electron chi connectivity index (χ0n) is 9.25. The molecule has 5 heteroatoms. The maximum atomic E-state index is 11.0. The molecule has 0 aromatic heterocycles. The van der Waals surface area contributed by atoms with Gasteiger partial charge >= 0.3 is 6.03 Å². The Morgan fingerprint density at radius 3 is 2.69 bits per heavy atom. The molecule has 0 aliphatic carbocycles. The summed E-state index contributed by atoms with van der Waals surface area (Å²) in [4.78, 5) is 13.0. The van der Waals surface area contributed by atoms with Crippen LogP contribution in [0.25, 0.3) is 0 Å². The average molecular weight is 240 g/mol. The van der Waals surface area contributed by atoms with Gasteiger partial charge in [0.2, 0.25) is 0 Å². The molecule has 1 aliphatic heterocycles. The number of amides is 2. The van der Waals surface area contributed by atoms with Crippen LogP contribution in [-0.2, 0) is 0 Å². The lowest BCUT2D eigenvalue weighted by Gasteiger charge is -2.16. The molecule has 1 atom stereocenters. The molecule has 86 valence electrons. The van der Waals surface area contributed by atoms with E-state index in [1.807, 2.05) is 37.2 Å². The molecule has 4 nitrogen and oxygen atoms in total. The second-order valence-corrected chi connectivity index (χ2v) is 4.41. The van der Waals surface area contributed by atoms with Crippen LogP contribution in [-0.4, -0.2) is 26.7 Å². The molecule has 0 unspecified atom stereocenters. The van der Waals surface area contributed by atoms with E-state index in [2.05, 4.69) is 10.6 Å². The van der Waals surface area contributed by atoms with Gasteiger partial charge in [-0.05, 0) is 17.7 Å². The number of urea groups is 1. The van der Waals surface area contributed by atoms with E-state index in [1.54, 1.807) is 0 Å². The van der Waals surface area contributed by atoms with E-state index < -0.39 is 0 Å². The van der Waals surface area contributed by atoms with E-state index in [9.17, 15) is 4.79 Å². The van der Waals surface area contributed by atoms with E-state index in [0.717, 1.165) is 11.3 Å². The first kappa shape index (κ1) is 11.1. The number of hydrogen-bond acceptors (Lipinski definition) is 2. The Kier molecular flexibility index (Phi) is 2.92. The van der Waals surface area contributed by atoms with Crippen molar-refractivity contribution in [3.8, 4) is 0 Å². The van der Waals surface area contributed by atoms with Crippen molar-refractivity contribution in [1.29, 1.82) is 0 Å². The summed E-state index contributed by atoms with van der Waals surface area (Å²) in [5, 5.41) is 6.21. The second kappa shape index (κ2) is 4.22. The summed E-state index contributed by atoms with van der Waals surface area (Å²) in [6.45, 7) is 0.583. The van der Waals surface area contributed by atoms with Crippen molar-refractivity contribution in [2.45, 2.75) is 6.04 Å². The Morgan fingerprint density at radius 1 is 1.44 bits per heavy atom. The van der Waals surface area contributed by atoms with Crippen molar-refractivity contribution in [1.82, 2.24) is 10.6 Å². The Balaban J connectivity index is 2.26. The van der Waals surface area contributed by atoms with Crippen LogP contribution >= 0.6 is 11.6 Å². The third-order valence-corrected chi connectivity index (χ3v) is 2.98. The van der Waals surface area contributed by atoms with Gasteiger partial charge in [-0.1, -0.05) is 17.7 Å². The highest BCUT2D eigenvalue weighted by Gasteiger charge is 2.23. The summed E-state index contributed by atoms with van der Waals surface area (Å²) in [6, 6.07) is 5.68. The number of benzene rings is 1. The minimum atomic E-state index is -0.141. The molecule has 2 amide bonds. The normalized spacial score (nSPS) is 19.2. The topological polar surface area (TPSA) is 44.4 Å². The summed E-state index contributed by atoms with van der Waals surface area (Å²) >= 11 is 6.20. The molecule has 1 saturated heterocycles. The molecule has 2 N–H and O–H groups in total. The molecule has 1 heterocycles. The van der Waals surface area contributed by atoms with Gasteiger partial charge in [0, 0.05) is 31.4 Å². The lowest BCUT2D eigenvalue weighted by Crippen LogP contribution is -2.21. The number of hydrogen-bond donors (Lipinski definition) is 2. The van der Waals surface area contributed by atoms with Gasteiger partial charge in [0.15, 0.2) is 0 Å². The van der Waals surface area contributed by atoms with Crippen LogP contribution in [0, 0.1) is 0 Å². The summed E-state index contributed by atoms with van der Waals surface area (Å²) < 4.78 is 0. The standard InChI is InChI=1S/C11H14ClN3O/c1-15(2)7-3-4-8(9(12)5-7)10-6-13-11(16)14-10/h3-5,10H,6H2,1-2H3,(H2,13,14,16)/t10-/m0/s1. The number of carbonyl (C=O) groups is 1. The Hall–Kier alpha value is -1.42. The largest absolute Gasteiger partial charge is 0.378 e. The van der Waals surface area contributed by atoms with Gasteiger partial charge in [-0.3, -0.25) is 0 Å². The highest BCUT2D eigenvalue weighted by atomic mass is 35.5. The maximum absolute atomic E-state index is 11.0. The highest BCUT2D eigenvalue weighted by molar-refractivity contribution is 6.31. The van der Waals surface area contributed by atoms with Gasteiger partial charge in [0.1, 0.15) is 0 Å². The monoisotopic (exact) mass is 239 g/mol. The SMILES string of the molecule is CN(C)c1ccc([C@@H]2CNC(=O)N2)c(Cl)c1. The predicted molar refractivity (Wildman–Crippen MR) is 65.1 cm³/mol. The molecule has 16 heavy (non-hydrogen) atoms. The molecule has 1 aliphatic rings. The zero-order valence-corrected chi connectivity index (χ0v) is 10.0. The third-order valence-electron chi connectivity index (χ3n) is 2.65. The van der Waals surface area contributed by atoms with Crippen molar-refractivity contribution in [3.05, 3.63) is 28.8 Å². The van der Waals surface area contributed by atoms with E-state index in [4.69, 9.17) is 11.6 Å². The van der Waals surface area contributed by atoms with Gasteiger partial charge in [-0.25, -0.2) is 4.79 Å². The summed E-state index contributed by atoms with van der Waals surface area (Å²) in [6.07, 6.45) is 0. The molecule has 0 radical (unpaired) electrons. The minimum Gasteiger partial charge on any atom is -0.378 e.